The number of carbonyl (C=O) groups is 1. The fourth-order valence-electron chi connectivity index (χ4n) is 4.15. The SMILES string of the molecule is C[S+]([O-])CC(=O)N1CC(F)(c2ccc(C3=NOC(c4cccc(C(F)(F)F)c4)(C(F)(F)F)C3)cc2)C1. The third kappa shape index (κ3) is 4.77. The van der Waals surface area contributed by atoms with E-state index in [1.807, 2.05) is 0 Å². The van der Waals surface area contributed by atoms with Gasteiger partial charge in [0, 0.05) is 12.0 Å². The highest BCUT2D eigenvalue weighted by atomic mass is 32.2. The number of benzene rings is 2. The van der Waals surface area contributed by atoms with Crippen LogP contribution in [0, 0.1) is 0 Å². The van der Waals surface area contributed by atoms with Gasteiger partial charge in [-0.05, 0) is 34.4 Å². The van der Waals surface area contributed by atoms with E-state index in [9.17, 15) is 35.7 Å². The zero-order valence-electron chi connectivity index (χ0n) is 18.6. The van der Waals surface area contributed by atoms with Gasteiger partial charge >= 0.3 is 12.4 Å². The molecule has 36 heavy (non-hydrogen) atoms. The van der Waals surface area contributed by atoms with Crippen molar-refractivity contribution in [3.05, 3.63) is 70.8 Å². The summed E-state index contributed by atoms with van der Waals surface area (Å²) in [5.41, 5.74) is -6.78. The monoisotopic (exact) mass is 536 g/mol. The Labute approximate surface area is 204 Å². The van der Waals surface area contributed by atoms with Crippen molar-refractivity contribution in [3.8, 4) is 0 Å². The Balaban J connectivity index is 1.53. The van der Waals surface area contributed by atoms with E-state index >= 15 is 4.39 Å². The molecule has 2 unspecified atom stereocenters. The average molecular weight is 536 g/mol. The van der Waals surface area contributed by atoms with Crippen molar-refractivity contribution >= 4 is 22.8 Å². The summed E-state index contributed by atoms with van der Waals surface area (Å²) >= 11 is -1.37. The van der Waals surface area contributed by atoms with Crippen LogP contribution in [0.1, 0.15) is 28.7 Å². The van der Waals surface area contributed by atoms with Gasteiger partial charge < -0.3 is 14.3 Å². The zero-order chi connectivity index (χ0) is 26.5. The molecule has 1 amide bonds. The second-order valence-electron chi connectivity index (χ2n) is 8.72. The van der Waals surface area contributed by atoms with Crippen molar-refractivity contribution in [1.82, 2.24) is 4.90 Å². The first kappa shape index (κ1) is 26.3. The quantitative estimate of drug-likeness (QED) is 0.412. The molecule has 0 aliphatic carbocycles. The lowest BCUT2D eigenvalue weighted by Gasteiger charge is -2.44. The van der Waals surface area contributed by atoms with E-state index in [-0.39, 0.29) is 35.7 Å². The fraction of sp³-hybridized carbons (Fsp3) is 0.391. The molecule has 2 aromatic rings. The Hall–Kier alpha value is -2.80. The van der Waals surface area contributed by atoms with Crippen LogP contribution in [0.5, 0.6) is 0 Å². The molecule has 1 saturated heterocycles. The predicted octanol–water partition coefficient (Wildman–Crippen LogP) is 4.67. The highest BCUT2D eigenvalue weighted by Gasteiger charge is 2.62. The van der Waals surface area contributed by atoms with Gasteiger partial charge in [0.05, 0.1) is 30.6 Å². The van der Waals surface area contributed by atoms with Crippen LogP contribution in [0.4, 0.5) is 30.7 Å². The maximum Gasteiger partial charge on any atom is 0.435 e. The van der Waals surface area contributed by atoms with Crippen molar-refractivity contribution < 1.29 is 44.9 Å². The molecule has 0 N–H and O–H groups in total. The van der Waals surface area contributed by atoms with Gasteiger partial charge in [0.15, 0.2) is 11.4 Å². The van der Waals surface area contributed by atoms with Crippen LogP contribution < -0.4 is 0 Å². The highest BCUT2D eigenvalue weighted by Crippen LogP contribution is 2.49. The van der Waals surface area contributed by atoms with E-state index in [2.05, 4.69) is 5.16 Å². The summed E-state index contributed by atoms with van der Waals surface area (Å²) in [5, 5.41) is 3.52. The van der Waals surface area contributed by atoms with Crippen molar-refractivity contribution in [2.24, 2.45) is 5.16 Å². The Morgan fingerprint density at radius 3 is 2.28 bits per heavy atom. The van der Waals surface area contributed by atoms with E-state index in [0.717, 1.165) is 12.1 Å². The lowest BCUT2D eigenvalue weighted by Crippen LogP contribution is -2.59. The lowest BCUT2D eigenvalue weighted by atomic mass is 9.84. The molecule has 2 atom stereocenters. The van der Waals surface area contributed by atoms with Crippen molar-refractivity contribution in [3.63, 3.8) is 0 Å². The van der Waals surface area contributed by atoms with Gasteiger partial charge in [-0.2, -0.15) is 26.3 Å². The number of hydrogen-bond donors (Lipinski definition) is 0. The highest BCUT2D eigenvalue weighted by molar-refractivity contribution is 7.91. The third-order valence-corrected chi connectivity index (χ3v) is 6.79. The zero-order valence-corrected chi connectivity index (χ0v) is 19.4. The topological polar surface area (TPSA) is 65.0 Å². The summed E-state index contributed by atoms with van der Waals surface area (Å²) in [6, 6.07) is 8.17. The Bertz CT molecular complexity index is 1180. The minimum absolute atomic E-state index is 0.167. The number of halogens is 7. The van der Waals surface area contributed by atoms with Crippen LogP contribution in [0.3, 0.4) is 0 Å². The predicted molar refractivity (Wildman–Crippen MR) is 116 cm³/mol. The summed E-state index contributed by atoms with van der Waals surface area (Å²) < 4.78 is 108. The van der Waals surface area contributed by atoms with Gasteiger partial charge in [0.2, 0.25) is 0 Å². The van der Waals surface area contributed by atoms with Gasteiger partial charge in [0.25, 0.3) is 11.5 Å². The second kappa shape index (κ2) is 8.94. The number of alkyl halides is 7. The summed E-state index contributed by atoms with van der Waals surface area (Å²) in [5.74, 6) is -0.668. The average Bonchev–Trinajstić information content (AvgIpc) is 3.23. The van der Waals surface area contributed by atoms with Crippen molar-refractivity contribution in [2.75, 3.05) is 25.1 Å². The number of nitrogens with zero attached hydrogens (tertiary/aromatic N) is 2. The van der Waals surface area contributed by atoms with Crippen LogP contribution in [-0.2, 0) is 38.3 Å². The molecule has 2 aromatic carbocycles. The summed E-state index contributed by atoms with van der Waals surface area (Å²) in [7, 11) is 0. The maximum absolute atomic E-state index is 15.2. The molecule has 0 bridgehead atoms. The number of carbonyl (C=O) groups excluding carboxylic acids is 1. The molecule has 4 rings (SSSR count). The molecule has 13 heteroatoms. The minimum atomic E-state index is -5.09. The minimum Gasteiger partial charge on any atom is -0.616 e. The van der Waals surface area contributed by atoms with E-state index in [0.29, 0.717) is 12.1 Å². The van der Waals surface area contributed by atoms with Gasteiger partial charge in [-0.3, -0.25) is 4.79 Å². The van der Waals surface area contributed by atoms with Gasteiger partial charge in [-0.25, -0.2) is 4.39 Å². The Morgan fingerprint density at radius 1 is 1.08 bits per heavy atom. The lowest BCUT2D eigenvalue weighted by molar-refractivity contribution is -0.276. The molecule has 0 aromatic heterocycles. The number of rotatable bonds is 5. The largest absolute Gasteiger partial charge is 0.616 e. The number of oxime groups is 1. The molecule has 0 saturated carbocycles. The van der Waals surface area contributed by atoms with Crippen LogP contribution in [-0.4, -0.2) is 52.3 Å². The summed E-state index contributed by atoms with van der Waals surface area (Å²) in [6.45, 7) is -0.502. The first-order chi connectivity index (χ1) is 16.6. The first-order valence-electron chi connectivity index (χ1n) is 10.5. The molecular formula is C23H19F7N2O3S. The van der Waals surface area contributed by atoms with E-state index < -0.39 is 58.3 Å². The van der Waals surface area contributed by atoms with E-state index in [4.69, 9.17) is 4.84 Å². The van der Waals surface area contributed by atoms with Gasteiger partial charge in [-0.15, -0.1) is 0 Å². The number of hydrogen-bond acceptors (Lipinski definition) is 4. The fourth-order valence-corrected chi connectivity index (χ4v) is 4.68. The molecular weight excluding hydrogens is 517 g/mol. The maximum atomic E-state index is 15.2. The molecule has 0 radical (unpaired) electrons. The molecule has 1 fully saturated rings. The van der Waals surface area contributed by atoms with Crippen LogP contribution in [0.2, 0.25) is 0 Å². The Morgan fingerprint density at radius 2 is 1.72 bits per heavy atom. The van der Waals surface area contributed by atoms with Crippen LogP contribution >= 0.6 is 0 Å². The smallest absolute Gasteiger partial charge is 0.435 e. The summed E-state index contributed by atoms with van der Waals surface area (Å²) in [4.78, 5) is 17.9. The van der Waals surface area contributed by atoms with Crippen LogP contribution in [0.15, 0.2) is 53.7 Å². The van der Waals surface area contributed by atoms with E-state index in [1.54, 1.807) is 0 Å². The number of likely N-dealkylation sites (tertiary alicyclic amines) is 1. The van der Waals surface area contributed by atoms with Crippen molar-refractivity contribution in [2.45, 2.75) is 30.0 Å². The first-order valence-corrected chi connectivity index (χ1v) is 12.2. The van der Waals surface area contributed by atoms with Gasteiger partial charge in [-0.1, -0.05) is 41.6 Å². The molecule has 2 aliphatic rings. The molecule has 194 valence electrons. The molecule has 5 nitrogen and oxygen atoms in total. The van der Waals surface area contributed by atoms with Gasteiger partial charge in [0.1, 0.15) is 0 Å². The van der Waals surface area contributed by atoms with Crippen LogP contribution in [0.25, 0.3) is 0 Å². The molecule has 2 aliphatic heterocycles. The number of amides is 1. The standard InChI is InChI=1S/C23H19F7N2O3S/c1-36(34)11-19(33)32-12-20(24,13-32)15-7-5-14(6-8-15)18-10-21(35-31-18,23(28,29)30)16-3-2-4-17(9-16)22(25,26)27/h2-9H,10-13H2,1H3. The van der Waals surface area contributed by atoms with E-state index in [1.165, 1.54) is 35.4 Å². The Kier molecular flexibility index (Phi) is 6.53. The normalized spacial score (nSPS) is 22.5. The second-order valence-corrected chi connectivity index (χ2v) is 10.2. The molecule has 2 heterocycles. The molecule has 0 spiro atoms. The van der Waals surface area contributed by atoms with Crippen molar-refractivity contribution in [1.29, 1.82) is 0 Å². The summed E-state index contributed by atoms with van der Waals surface area (Å²) in [6.07, 6.45) is -9.46. The third-order valence-electron chi connectivity index (χ3n) is 6.14.